The highest BCUT2D eigenvalue weighted by Crippen LogP contribution is 2.33. The molecule has 1 fully saturated rings. The molecule has 7 heteroatoms. The molecule has 0 aliphatic carbocycles. The summed E-state index contributed by atoms with van der Waals surface area (Å²) in [6.07, 6.45) is 1.66. The van der Waals surface area contributed by atoms with E-state index in [9.17, 15) is 0 Å². The minimum absolute atomic E-state index is 0.342. The minimum atomic E-state index is 0.342. The Kier molecular flexibility index (Phi) is 4.98. The molecule has 0 radical (unpaired) electrons. The van der Waals surface area contributed by atoms with Crippen molar-refractivity contribution in [2.45, 2.75) is 19.9 Å². The van der Waals surface area contributed by atoms with Crippen LogP contribution in [0.2, 0.25) is 0 Å². The van der Waals surface area contributed by atoms with Gasteiger partial charge >= 0.3 is 0 Å². The van der Waals surface area contributed by atoms with E-state index < -0.39 is 0 Å². The van der Waals surface area contributed by atoms with Crippen LogP contribution in [-0.2, 0) is 4.74 Å². The van der Waals surface area contributed by atoms with E-state index in [2.05, 4.69) is 51.5 Å². The lowest BCUT2D eigenvalue weighted by molar-refractivity contribution is 0.0194. The molecule has 1 N–H and O–H groups in total. The van der Waals surface area contributed by atoms with Crippen LogP contribution in [0, 0.1) is 13.8 Å². The fraction of sp³-hybridized carbons (Fsp3) is 0.444. The molecule has 3 aromatic rings. The number of hydrogen-bond donors (Lipinski definition) is 1. The van der Waals surface area contributed by atoms with Crippen LogP contribution in [0.15, 0.2) is 23.8 Å². The number of hydrogen-bond acceptors (Lipinski definition) is 7. The Morgan fingerprint density at radius 2 is 2.12 bits per heavy atom. The summed E-state index contributed by atoms with van der Waals surface area (Å²) in [6, 6.07) is 4.69. The summed E-state index contributed by atoms with van der Waals surface area (Å²) in [5, 5.41) is 6.92. The number of anilines is 1. The van der Waals surface area contributed by atoms with E-state index in [0.717, 1.165) is 48.9 Å². The maximum atomic E-state index is 5.53. The van der Waals surface area contributed by atoms with Gasteiger partial charge in [-0.25, -0.2) is 9.97 Å². The smallest absolute Gasteiger partial charge is 0.138 e. The van der Waals surface area contributed by atoms with Crippen LogP contribution < -0.4 is 5.32 Å². The second kappa shape index (κ2) is 7.37. The van der Waals surface area contributed by atoms with Crippen LogP contribution in [0.4, 0.5) is 5.82 Å². The highest BCUT2D eigenvalue weighted by atomic mass is 32.1. The first-order chi connectivity index (χ1) is 12.2. The summed E-state index contributed by atoms with van der Waals surface area (Å²) < 4.78 is 5.53. The fourth-order valence-electron chi connectivity index (χ4n) is 3.29. The van der Waals surface area contributed by atoms with E-state index in [1.807, 2.05) is 11.3 Å². The van der Waals surface area contributed by atoms with Crippen LogP contribution in [0.5, 0.6) is 0 Å². The number of thiophene rings is 2. The third kappa shape index (κ3) is 3.42. The maximum absolute atomic E-state index is 5.53. The molecule has 3 aromatic heterocycles. The summed E-state index contributed by atoms with van der Waals surface area (Å²) in [5.41, 5.74) is 1.28. The van der Waals surface area contributed by atoms with E-state index in [0.29, 0.717) is 6.04 Å². The molecule has 25 heavy (non-hydrogen) atoms. The predicted molar refractivity (Wildman–Crippen MR) is 105 cm³/mol. The van der Waals surface area contributed by atoms with Gasteiger partial charge < -0.3 is 10.1 Å². The second-order valence-corrected chi connectivity index (χ2v) is 8.43. The van der Waals surface area contributed by atoms with Crippen molar-refractivity contribution in [3.63, 3.8) is 0 Å². The van der Waals surface area contributed by atoms with Crippen molar-refractivity contribution in [2.75, 3.05) is 38.2 Å². The molecule has 0 bridgehead atoms. The van der Waals surface area contributed by atoms with E-state index in [1.54, 1.807) is 17.7 Å². The van der Waals surface area contributed by atoms with Gasteiger partial charge in [0.15, 0.2) is 0 Å². The molecular weight excluding hydrogens is 352 g/mol. The van der Waals surface area contributed by atoms with Crippen LogP contribution in [-0.4, -0.2) is 47.7 Å². The van der Waals surface area contributed by atoms with Crippen molar-refractivity contribution in [3.8, 4) is 0 Å². The summed E-state index contributed by atoms with van der Waals surface area (Å²) in [7, 11) is 0. The van der Waals surface area contributed by atoms with Gasteiger partial charge in [0.05, 0.1) is 24.6 Å². The summed E-state index contributed by atoms with van der Waals surface area (Å²) in [6.45, 7) is 8.70. The third-order valence-electron chi connectivity index (χ3n) is 4.79. The van der Waals surface area contributed by atoms with Gasteiger partial charge in [-0.3, -0.25) is 4.90 Å². The van der Waals surface area contributed by atoms with Crippen molar-refractivity contribution in [1.29, 1.82) is 0 Å². The molecule has 1 unspecified atom stereocenters. The van der Waals surface area contributed by atoms with Gasteiger partial charge in [-0.1, -0.05) is 6.07 Å². The zero-order valence-electron chi connectivity index (χ0n) is 14.5. The Hall–Kier alpha value is -1.54. The van der Waals surface area contributed by atoms with Crippen molar-refractivity contribution in [3.05, 3.63) is 39.2 Å². The van der Waals surface area contributed by atoms with Crippen LogP contribution in [0.25, 0.3) is 10.2 Å². The molecular formula is C18H22N4OS2. The fourth-order valence-corrected chi connectivity index (χ4v) is 5.15. The lowest BCUT2D eigenvalue weighted by atomic mass is 10.1. The van der Waals surface area contributed by atoms with Crippen molar-refractivity contribution < 1.29 is 4.74 Å². The standard InChI is InChI=1S/C18H22N4OS2/c1-12-13(2)25-18-16(12)17(20-11-21-18)19-10-14(15-4-3-9-24-15)22-5-7-23-8-6-22/h3-4,9,11,14H,5-8,10H2,1-2H3,(H,19,20,21). The van der Waals surface area contributed by atoms with E-state index in [-0.39, 0.29) is 0 Å². The molecule has 1 aliphatic rings. The zero-order chi connectivity index (χ0) is 17.2. The van der Waals surface area contributed by atoms with Crippen LogP contribution in [0.3, 0.4) is 0 Å². The van der Waals surface area contributed by atoms with Gasteiger partial charge in [-0.05, 0) is 30.9 Å². The molecule has 0 spiro atoms. The normalized spacial score (nSPS) is 17.0. The minimum Gasteiger partial charge on any atom is -0.379 e. The maximum Gasteiger partial charge on any atom is 0.138 e. The van der Waals surface area contributed by atoms with Gasteiger partial charge in [-0.15, -0.1) is 22.7 Å². The molecule has 132 valence electrons. The molecule has 0 aromatic carbocycles. The molecule has 0 saturated carbocycles. The Morgan fingerprint density at radius 3 is 2.88 bits per heavy atom. The number of morpholine rings is 1. The van der Waals surface area contributed by atoms with Crippen molar-refractivity contribution in [2.24, 2.45) is 0 Å². The Labute approximate surface area is 155 Å². The van der Waals surface area contributed by atoms with Gasteiger partial charge in [0.1, 0.15) is 17.0 Å². The molecule has 4 rings (SSSR count). The molecule has 1 saturated heterocycles. The summed E-state index contributed by atoms with van der Waals surface area (Å²) >= 11 is 3.55. The Bertz CT molecular complexity index is 840. The number of nitrogens with one attached hydrogen (secondary N) is 1. The number of fused-ring (bicyclic) bond motifs is 1. The van der Waals surface area contributed by atoms with Crippen molar-refractivity contribution in [1.82, 2.24) is 14.9 Å². The SMILES string of the molecule is Cc1sc2ncnc(NCC(c3cccs3)N3CCOCC3)c2c1C. The van der Waals surface area contributed by atoms with E-state index >= 15 is 0 Å². The lowest BCUT2D eigenvalue weighted by Crippen LogP contribution is -2.41. The third-order valence-corrected chi connectivity index (χ3v) is 6.88. The first-order valence-electron chi connectivity index (χ1n) is 8.54. The van der Waals surface area contributed by atoms with Crippen molar-refractivity contribution >= 4 is 38.7 Å². The number of aromatic nitrogens is 2. The predicted octanol–water partition coefficient (Wildman–Crippen LogP) is 3.86. The number of rotatable bonds is 5. The first-order valence-corrected chi connectivity index (χ1v) is 10.2. The molecule has 1 atom stereocenters. The number of ether oxygens (including phenoxy) is 1. The average Bonchev–Trinajstić information content (AvgIpc) is 3.26. The summed E-state index contributed by atoms with van der Waals surface area (Å²) in [4.78, 5) is 15.2. The number of nitrogens with zero attached hydrogens (tertiary/aromatic N) is 3. The molecule has 0 amide bonds. The number of aryl methyl sites for hydroxylation is 2. The molecule has 5 nitrogen and oxygen atoms in total. The van der Waals surface area contributed by atoms with Crippen LogP contribution >= 0.6 is 22.7 Å². The summed E-state index contributed by atoms with van der Waals surface area (Å²) in [5.74, 6) is 0.946. The van der Waals surface area contributed by atoms with Gasteiger partial charge in [0, 0.05) is 29.4 Å². The molecule has 1 aliphatic heterocycles. The molecule has 4 heterocycles. The largest absolute Gasteiger partial charge is 0.379 e. The zero-order valence-corrected chi connectivity index (χ0v) is 16.1. The highest BCUT2D eigenvalue weighted by Gasteiger charge is 2.24. The van der Waals surface area contributed by atoms with Crippen LogP contribution in [0.1, 0.15) is 21.4 Å². The quantitative estimate of drug-likeness (QED) is 0.735. The Balaban J connectivity index is 1.59. The second-order valence-electron chi connectivity index (χ2n) is 6.25. The topological polar surface area (TPSA) is 50.3 Å². The van der Waals surface area contributed by atoms with E-state index in [4.69, 9.17) is 4.74 Å². The Morgan fingerprint density at radius 1 is 1.28 bits per heavy atom. The van der Waals surface area contributed by atoms with E-state index in [1.165, 1.54) is 15.3 Å². The van der Waals surface area contributed by atoms with Gasteiger partial charge in [0.2, 0.25) is 0 Å². The van der Waals surface area contributed by atoms with Gasteiger partial charge in [-0.2, -0.15) is 0 Å². The highest BCUT2D eigenvalue weighted by molar-refractivity contribution is 7.18. The monoisotopic (exact) mass is 374 g/mol. The first kappa shape index (κ1) is 16.9. The lowest BCUT2D eigenvalue weighted by Gasteiger charge is -2.34. The van der Waals surface area contributed by atoms with Gasteiger partial charge in [0.25, 0.3) is 0 Å². The average molecular weight is 375 g/mol.